The maximum absolute atomic E-state index is 14.5. The van der Waals surface area contributed by atoms with Crippen molar-refractivity contribution in [2.24, 2.45) is 15.4 Å². The van der Waals surface area contributed by atoms with Crippen LogP contribution in [-0.2, 0) is 14.4 Å². The molecule has 3 aromatic carbocycles. The van der Waals surface area contributed by atoms with Crippen molar-refractivity contribution < 1.29 is 31.9 Å². The number of hydrogen-bond acceptors (Lipinski definition) is 7. The number of imide groups is 1. The SMILES string of the molecule is O=C1[C@H]2N=NN(CC(=O)N3N=C(c4ccc(Br)cc4)C[C@H]3c3ccccc3)[C@H]2C(=O)N1c1c(F)c(F)cc(F)c1F. The molecule has 0 N–H and O–H groups in total. The minimum absolute atomic E-state index is 0.00817. The van der Waals surface area contributed by atoms with E-state index in [1.807, 2.05) is 54.6 Å². The second-order valence-corrected chi connectivity index (χ2v) is 10.4. The molecule has 1 fully saturated rings. The number of halogens is 5. The van der Waals surface area contributed by atoms with Gasteiger partial charge in [-0.25, -0.2) is 27.5 Å². The number of rotatable bonds is 5. The van der Waals surface area contributed by atoms with Gasteiger partial charge in [-0.2, -0.15) is 10.2 Å². The average Bonchev–Trinajstić information content (AvgIpc) is 3.65. The Bertz CT molecular complexity index is 1630. The van der Waals surface area contributed by atoms with E-state index in [9.17, 15) is 31.9 Å². The first-order chi connectivity index (χ1) is 19.7. The van der Waals surface area contributed by atoms with Crippen LogP contribution in [0.25, 0.3) is 0 Å². The molecule has 3 atom stereocenters. The van der Waals surface area contributed by atoms with E-state index in [-0.39, 0.29) is 11.0 Å². The zero-order valence-electron chi connectivity index (χ0n) is 20.7. The van der Waals surface area contributed by atoms with Gasteiger partial charge in [0.25, 0.3) is 17.7 Å². The summed E-state index contributed by atoms with van der Waals surface area (Å²) >= 11 is 3.39. The van der Waals surface area contributed by atoms with Crippen LogP contribution in [0.2, 0.25) is 0 Å². The van der Waals surface area contributed by atoms with Gasteiger partial charge in [-0.05, 0) is 23.3 Å². The minimum Gasteiger partial charge on any atom is -0.271 e. The Balaban J connectivity index is 1.28. The van der Waals surface area contributed by atoms with Gasteiger partial charge in [0, 0.05) is 17.0 Å². The van der Waals surface area contributed by atoms with E-state index in [2.05, 4.69) is 31.4 Å². The fourth-order valence-corrected chi connectivity index (χ4v) is 5.30. The zero-order valence-corrected chi connectivity index (χ0v) is 22.3. The van der Waals surface area contributed by atoms with Crippen LogP contribution in [0.3, 0.4) is 0 Å². The first-order valence-corrected chi connectivity index (χ1v) is 13.0. The molecule has 9 nitrogen and oxygen atoms in total. The minimum atomic E-state index is -1.91. The van der Waals surface area contributed by atoms with Crippen LogP contribution in [0.5, 0.6) is 0 Å². The largest absolute Gasteiger partial charge is 0.271 e. The first-order valence-electron chi connectivity index (χ1n) is 12.2. The van der Waals surface area contributed by atoms with Crippen LogP contribution in [0.1, 0.15) is 23.6 Å². The summed E-state index contributed by atoms with van der Waals surface area (Å²) < 4.78 is 57.5. The molecule has 3 aliphatic heterocycles. The van der Waals surface area contributed by atoms with Gasteiger partial charge in [0.2, 0.25) is 0 Å². The highest BCUT2D eigenvalue weighted by Gasteiger charge is 2.57. The molecule has 0 unspecified atom stereocenters. The summed E-state index contributed by atoms with van der Waals surface area (Å²) in [5.74, 6) is -10.5. The number of amides is 3. The standard InChI is InChI=1S/C27H17BrF4N6O3/c28-15-8-6-13(7-9-15)18-11-19(14-4-2-1-3-5-14)38(34-18)20(39)12-36-25-23(33-35-36)26(40)37(27(25)41)24-21(31)16(29)10-17(30)22(24)32/h1-10,19,23,25H,11-12H2/t19-,23-,25+/m0/s1. The number of benzene rings is 3. The molecule has 6 rings (SSSR count). The number of carbonyl (C=O) groups is 3. The van der Waals surface area contributed by atoms with Crippen molar-refractivity contribution in [3.8, 4) is 0 Å². The van der Waals surface area contributed by atoms with E-state index >= 15 is 0 Å². The third kappa shape index (κ3) is 4.47. The predicted molar refractivity (Wildman–Crippen MR) is 139 cm³/mol. The Labute approximate surface area is 237 Å². The number of carbonyl (C=O) groups excluding carboxylic acids is 3. The number of nitrogens with zero attached hydrogens (tertiary/aromatic N) is 6. The fraction of sp³-hybridized carbons (Fsp3) is 0.185. The van der Waals surface area contributed by atoms with E-state index in [1.54, 1.807) is 0 Å². The summed E-state index contributed by atoms with van der Waals surface area (Å²) in [6.45, 7) is -0.569. The molecule has 0 radical (unpaired) electrons. The van der Waals surface area contributed by atoms with E-state index in [1.165, 1.54) is 5.01 Å². The van der Waals surface area contributed by atoms with E-state index in [0.29, 0.717) is 12.1 Å². The molecule has 14 heteroatoms. The highest BCUT2D eigenvalue weighted by atomic mass is 79.9. The monoisotopic (exact) mass is 628 g/mol. The second-order valence-electron chi connectivity index (χ2n) is 9.44. The van der Waals surface area contributed by atoms with Gasteiger partial charge in [0.1, 0.15) is 12.2 Å². The van der Waals surface area contributed by atoms with Gasteiger partial charge in [0.15, 0.2) is 35.4 Å². The third-order valence-electron chi connectivity index (χ3n) is 7.00. The molecule has 3 amide bonds. The molecule has 3 heterocycles. The second kappa shape index (κ2) is 10.2. The van der Waals surface area contributed by atoms with Crippen LogP contribution in [-0.4, -0.2) is 52.1 Å². The highest BCUT2D eigenvalue weighted by Crippen LogP contribution is 2.37. The average molecular weight is 629 g/mol. The maximum atomic E-state index is 14.5. The molecular weight excluding hydrogens is 612 g/mol. The van der Waals surface area contributed by atoms with Crippen molar-refractivity contribution in [2.45, 2.75) is 24.5 Å². The smallest absolute Gasteiger partial charge is 0.264 e. The normalized spacial score (nSPS) is 21.6. The van der Waals surface area contributed by atoms with Crippen molar-refractivity contribution >= 4 is 45.1 Å². The van der Waals surface area contributed by atoms with Crippen molar-refractivity contribution in [1.82, 2.24) is 10.0 Å². The Morgan fingerprint density at radius 1 is 0.927 bits per heavy atom. The summed E-state index contributed by atoms with van der Waals surface area (Å²) in [5, 5.41) is 14.2. The molecule has 3 aromatic rings. The van der Waals surface area contributed by atoms with Gasteiger partial charge >= 0.3 is 0 Å². The van der Waals surface area contributed by atoms with Gasteiger partial charge < -0.3 is 0 Å². The number of anilines is 1. The molecule has 1 saturated heterocycles. The number of fused-ring (bicyclic) bond motifs is 1. The predicted octanol–water partition coefficient (Wildman–Crippen LogP) is 4.68. The lowest BCUT2D eigenvalue weighted by Crippen LogP contribution is -2.45. The zero-order chi connectivity index (χ0) is 29.0. The molecule has 0 bridgehead atoms. The Morgan fingerprint density at radius 3 is 2.24 bits per heavy atom. The molecule has 0 aromatic heterocycles. The first kappa shape index (κ1) is 26.7. The van der Waals surface area contributed by atoms with E-state index in [4.69, 9.17) is 0 Å². The molecule has 41 heavy (non-hydrogen) atoms. The number of hydrazone groups is 1. The Kier molecular flexibility index (Phi) is 6.64. The van der Waals surface area contributed by atoms with Gasteiger partial charge in [-0.1, -0.05) is 63.6 Å². The van der Waals surface area contributed by atoms with Gasteiger partial charge in [0.05, 0.1) is 11.8 Å². The van der Waals surface area contributed by atoms with Crippen LogP contribution < -0.4 is 4.90 Å². The Morgan fingerprint density at radius 2 is 1.59 bits per heavy atom. The summed E-state index contributed by atoms with van der Waals surface area (Å²) in [6, 6.07) is 12.9. The summed E-state index contributed by atoms with van der Waals surface area (Å²) in [7, 11) is 0. The molecule has 0 spiro atoms. The number of hydrogen-bond donors (Lipinski definition) is 0. The lowest BCUT2D eigenvalue weighted by atomic mass is 9.98. The summed E-state index contributed by atoms with van der Waals surface area (Å²) in [6.07, 6.45) is 0.389. The lowest BCUT2D eigenvalue weighted by molar-refractivity contribution is -0.135. The van der Waals surface area contributed by atoms with E-state index in [0.717, 1.165) is 20.6 Å². The fourth-order valence-electron chi connectivity index (χ4n) is 5.03. The van der Waals surface area contributed by atoms with Crippen molar-refractivity contribution in [2.75, 3.05) is 11.4 Å². The van der Waals surface area contributed by atoms with Crippen molar-refractivity contribution in [3.63, 3.8) is 0 Å². The molecular formula is C27H17BrF4N6O3. The summed E-state index contributed by atoms with van der Waals surface area (Å²) in [4.78, 5) is 39.7. The topological polar surface area (TPSA) is 98.0 Å². The highest BCUT2D eigenvalue weighted by molar-refractivity contribution is 9.10. The van der Waals surface area contributed by atoms with E-state index < -0.39 is 71.3 Å². The molecule has 208 valence electrons. The van der Waals surface area contributed by atoms with Crippen LogP contribution in [0.15, 0.2) is 80.6 Å². The quantitative estimate of drug-likeness (QED) is 0.233. The van der Waals surface area contributed by atoms with Crippen LogP contribution in [0.4, 0.5) is 23.2 Å². The van der Waals surface area contributed by atoms with Gasteiger partial charge in [-0.3, -0.25) is 19.4 Å². The third-order valence-corrected chi connectivity index (χ3v) is 7.52. The molecule has 3 aliphatic rings. The molecule has 0 saturated carbocycles. The maximum Gasteiger partial charge on any atom is 0.264 e. The van der Waals surface area contributed by atoms with Crippen LogP contribution in [0, 0.1) is 23.3 Å². The van der Waals surface area contributed by atoms with Crippen molar-refractivity contribution in [1.29, 1.82) is 0 Å². The molecule has 0 aliphatic carbocycles. The van der Waals surface area contributed by atoms with Crippen LogP contribution >= 0.6 is 15.9 Å². The van der Waals surface area contributed by atoms with Gasteiger partial charge in [-0.15, -0.1) is 0 Å². The Hall–Kier alpha value is -4.46. The summed E-state index contributed by atoms with van der Waals surface area (Å²) in [5.41, 5.74) is 0.748. The van der Waals surface area contributed by atoms with Crippen molar-refractivity contribution in [3.05, 3.63) is 99.5 Å². The lowest BCUT2D eigenvalue weighted by Gasteiger charge is -2.25.